The van der Waals surface area contributed by atoms with E-state index >= 15 is 0 Å². The molecule has 4 nitrogen and oxygen atoms in total. The number of carbonyl (C=O) groups excluding carboxylic acids is 1. The fourth-order valence-corrected chi connectivity index (χ4v) is 2.00. The second kappa shape index (κ2) is 7.07. The molecule has 1 atom stereocenters. The van der Waals surface area contributed by atoms with Crippen LogP contribution in [0.2, 0.25) is 0 Å². The van der Waals surface area contributed by atoms with Gasteiger partial charge in [0, 0.05) is 11.9 Å². The van der Waals surface area contributed by atoms with Crippen molar-refractivity contribution in [3.8, 4) is 5.75 Å². The van der Waals surface area contributed by atoms with E-state index in [1.807, 2.05) is 30.3 Å². The number of ether oxygens (including phenoxy) is 1. The van der Waals surface area contributed by atoms with Crippen LogP contribution in [-0.4, -0.2) is 23.5 Å². The lowest BCUT2D eigenvalue weighted by molar-refractivity contribution is -0.127. The zero-order chi connectivity index (χ0) is 15.2. The third-order valence-electron chi connectivity index (χ3n) is 3.27. The van der Waals surface area contributed by atoms with Gasteiger partial charge in [-0.1, -0.05) is 32.0 Å². The lowest BCUT2D eigenvalue weighted by Gasteiger charge is -2.15. The predicted molar refractivity (Wildman–Crippen MR) is 84.3 cm³/mol. The topological polar surface area (TPSA) is 51.2 Å². The Bertz CT molecular complexity index is 611. The zero-order valence-corrected chi connectivity index (χ0v) is 12.8. The molecule has 1 unspecified atom stereocenters. The summed E-state index contributed by atoms with van der Waals surface area (Å²) in [4.78, 5) is 16.3. The maximum atomic E-state index is 11.9. The molecule has 0 bridgehead atoms. The van der Waals surface area contributed by atoms with E-state index in [1.165, 1.54) is 0 Å². The van der Waals surface area contributed by atoms with Crippen molar-refractivity contribution in [2.45, 2.75) is 33.3 Å². The van der Waals surface area contributed by atoms with Crippen molar-refractivity contribution < 1.29 is 9.53 Å². The number of carbonyl (C=O) groups is 1. The number of amides is 1. The summed E-state index contributed by atoms with van der Waals surface area (Å²) in [5, 5.41) is 3.89. The monoisotopic (exact) mass is 286 g/mol. The third-order valence-corrected chi connectivity index (χ3v) is 3.27. The van der Waals surface area contributed by atoms with E-state index in [-0.39, 0.29) is 5.91 Å². The molecule has 0 aliphatic rings. The molecule has 0 saturated heterocycles. The highest BCUT2D eigenvalue weighted by molar-refractivity contribution is 5.81. The lowest BCUT2D eigenvalue weighted by Crippen LogP contribution is -2.37. The maximum absolute atomic E-state index is 11.9. The van der Waals surface area contributed by atoms with E-state index in [1.54, 1.807) is 13.1 Å². The smallest absolute Gasteiger partial charge is 0.260 e. The maximum Gasteiger partial charge on any atom is 0.260 e. The number of pyridine rings is 1. The van der Waals surface area contributed by atoms with Crippen LogP contribution in [0.3, 0.4) is 0 Å². The van der Waals surface area contributed by atoms with Gasteiger partial charge in [0.25, 0.3) is 5.91 Å². The van der Waals surface area contributed by atoms with Crippen molar-refractivity contribution in [1.82, 2.24) is 10.3 Å². The van der Waals surface area contributed by atoms with E-state index in [4.69, 9.17) is 4.74 Å². The van der Waals surface area contributed by atoms with Gasteiger partial charge in [0.15, 0.2) is 6.10 Å². The van der Waals surface area contributed by atoms with E-state index < -0.39 is 6.10 Å². The van der Waals surface area contributed by atoms with Gasteiger partial charge in [-0.25, -0.2) is 0 Å². The summed E-state index contributed by atoms with van der Waals surface area (Å²) in [6.45, 7) is 6.69. The van der Waals surface area contributed by atoms with Crippen molar-refractivity contribution in [2.24, 2.45) is 5.92 Å². The van der Waals surface area contributed by atoms with Crippen LogP contribution in [0.15, 0.2) is 36.5 Å². The van der Waals surface area contributed by atoms with Crippen LogP contribution < -0.4 is 10.1 Å². The molecule has 1 aromatic heterocycles. The number of para-hydroxylation sites is 1. The summed E-state index contributed by atoms with van der Waals surface area (Å²) in [5.74, 6) is 1.09. The number of benzene rings is 1. The zero-order valence-electron chi connectivity index (χ0n) is 12.8. The number of hydrogen-bond acceptors (Lipinski definition) is 3. The summed E-state index contributed by atoms with van der Waals surface area (Å²) in [7, 11) is 0. The summed E-state index contributed by atoms with van der Waals surface area (Å²) in [6, 6.07) is 9.72. The molecule has 0 radical (unpaired) electrons. The molecular formula is C17H22N2O2. The average molecular weight is 286 g/mol. The Balaban J connectivity index is 1.94. The van der Waals surface area contributed by atoms with Gasteiger partial charge in [-0.2, -0.15) is 0 Å². The van der Waals surface area contributed by atoms with Crippen LogP contribution in [0.4, 0.5) is 0 Å². The van der Waals surface area contributed by atoms with Gasteiger partial charge in [0.2, 0.25) is 0 Å². The fourth-order valence-electron chi connectivity index (χ4n) is 2.00. The van der Waals surface area contributed by atoms with Crippen LogP contribution in [0.1, 0.15) is 27.2 Å². The van der Waals surface area contributed by atoms with Crippen molar-refractivity contribution >= 4 is 16.8 Å². The number of fused-ring (bicyclic) bond motifs is 1. The molecule has 0 spiro atoms. The van der Waals surface area contributed by atoms with E-state index in [9.17, 15) is 4.79 Å². The average Bonchev–Trinajstić information content (AvgIpc) is 2.46. The highest BCUT2D eigenvalue weighted by Gasteiger charge is 2.14. The Kier molecular flexibility index (Phi) is 5.14. The van der Waals surface area contributed by atoms with Gasteiger partial charge in [0.05, 0.1) is 11.7 Å². The molecule has 1 aromatic carbocycles. The summed E-state index contributed by atoms with van der Waals surface area (Å²) in [5.41, 5.74) is 0.916. The highest BCUT2D eigenvalue weighted by atomic mass is 16.5. The van der Waals surface area contributed by atoms with E-state index in [0.29, 0.717) is 18.2 Å². The molecule has 0 aliphatic carbocycles. The van der Waals surface area contributed by atoms with Gasteiger partial charge in [-0.3, -0.25) is 9.78 Å². The molecule has 0 saturated carbocycles. The van der Waals surface area contributed by atoms with Crippen molar-refractivity contribution in [1.29, 1.82) is 0 Å². The standard InChI is InChI=1S/C17H22N2O2/c1-12(2)8-9-18-17(20)13(3)21-15-10-14-6-4-5-7-16(14)19-11-15/h4-7,10-13H,8-9H2,1-3H3,(H,18,20). The minimum absolute atomic E-state index is 0.0937. The highest BCUT2D eigenvalue weighted by Crippen LogP contribution is 2.18. The number of nitrogens with one attached hydrogen (secondary N) is 1. The molecule has 0 aliphatic heterocycles. The van der Waals surface area contributed by atoms with Crippen LogP contribution >= 0.6 is 0 Å². The summed E-state index contributed by atoms with van der Waals surface area (Å²) < 4.78 is 5.67. The molecule has 112 valence electrons. The van der Waals surface area contributed by atoms with Gasteiger partial charge in [-0.15, -0.1) is 0 Å². The number of hydrogen-bond donors (Lipinski definition) is 1. The Hall–Kier alpha value is -2.10. The van der Waals surface area contributed by atoms with Gasteiger partial charge < -0.3 is 10.1 Å². The molecule has 0 fully saturated rings. The Morgan fingerprint density at radius 3 is 2.81 bits per heavy atom. The minimum Gasteiger partial charge on any atom is -0.479 e. The number of nitrogens with zero attached hydrogens (tertiary/aromatic N) is 1. The van der Waals surface area contributed by atoms with Crippen molar-refractivity contribution in [2.75, 3.05) is 6.54 Å². The van der Waals surface area contributed by atoms with Crippen LogP contribution in [0, 0.1) is 5.92 Å². The molecular weight excluding hydrogens is 264 g/mol. The molecule has 2 rings (SSSR count). The van der Waals surface area contributed by atoms with E-state index in [0.717, 1.165) is 17.3 Å². The third kappa shape index (κ3) is 4.45. The van der Waals surface area contributed by atoms with Crippen molar-refractivity contribution in [3.05, 3.63) is 36.5 Å². The van der Waals surface area contributed by atoms with Crippen molar-refractivity contribution in [3.63, 3.8) is 0 Å². The summed E-state index contributed by atoms with van der Waals surface area (Å²) >= 11 is 0. The first-order valence-electron chi connectivity index (χ1n) is 7.35. The second-order valence-electron chi connectivity index (χ2n) is 5.60. The van der Waals surface area contributed by atoms with Crippen LogP contribution in [-0.2, 0) is 4.79 Å². The Labute approximate surface area is 125 Å². The predicted octanol–water partition coefficient (Wildman–Crippen LogP) is 3.16. The Morgan fingerprint density at radius 2 is 2.05 bits per heavy atom. The molecule has 1 heterocycles. The Morgan fingerprint density at radius 1 is 1.29 bits per heavy atom. The molecule has 21 heavy (non-hydrogen) atoms. The molecule has 1 amide bonds. The lowest BCUT2D eigenvalue weighted by atomic mass is 10.1. The van der Waals surface area contributed by atoms with Crippen LogP contribution in [0.5, 0.6) is 5.75 Å². The van der Waals surface area contributed by atoms with Gasteiger partial charge in [0.1, 0.15) is 5.75 Å². The molecule has 4 heteroatoms. The second-order valence-corrected chi connectivity index (χ2v) is 5.60. The largest absolute Gasteiger partial charge is 0.479 e. The van der Waals surface area contributed by atoms with Gasteiger partial charge in [-0.05, 0) is 31.4 Å². The quantitative estimate of drug-likeness (QED) is 0.887. The normalized spacial score (nSPS) is 12.4. The SMILES string of the molecule is CC(C)CCNC(=O)C(C)Oc1cnc2ccccc2c1. The number of aromatic nitrogens is 1. The first kappa shape index (κ1) is 15.3. The first-order valence-corrected chi connectivity index (χ1v) is 7.35. The first-order chi connectivity index (χ1) is 10.1. The fraction of sp³-hybridized carbons (Fsp3) is 0.412. The molecule has 2 aromatic rings. The molecule has 1 N–H and O–H groups in total. The minimum atomic E-state index is -0.528. The van der Waals surface area contributed by atoms with E-state index in [2.05, 4.69) is 24.1 Å². The summed E-state index contributed by atoms with van der Waals surface area (Å²) in [6.07, 6.45) is 2.09. The van der Waals surface area contributed by atoms with Crippen LogP contribution in [0.25, 0.3) is 10.9 Å². The van der Waals surface area contributed by atoms with Gasteiger partial charge >= 0.3 is 0 Å². The number of rotatable bonds is 6.